The van der Waals surface area contributed by atoms with Gasteiger partial charge in [-0.25, -0.2) is 20.0 Å². The number of amidine groups is 2. The molecule has 0 spiro atoms. The zero-order valence-electron chi connectivity index (χ0n) is 28.3. The minimum atomic E-state index is -0.0823. The quantitative estimate of drug-likeness (QED) is 0.171. The van der Waals surface area contributed by atoms with Crippen molar-refractivity contribution in [2.75, 3.05) is 0 Å². The lowest BCUT2D eigenvalue weighted by molar-refractivity contribution is 0.919. The van der Waals surface area contributed by atoms with Gasteiger partial charge < -0.3 is 8.96 Å². The van der Waals surface area contributed by atoms with Gasteiger partial charge in [0, 0.05) is 32.7 Å². The predicted molar refractivity (Wildman–Crippen MR) is 184 cm³/mol. The van der Waals surface area contributed by atoms with E-state index in [2.05, 4.69) is 98.9 Å². The number of aliphatic imine (C=N–C) groups is 2. The first-order valence-electron chi connectivity index (χ1n) is 15.8. The fraction of sp³-hybridized carbons (Fsp3) is 0.351. The standard InChI is InChI=1S/C37H39BN6/c1-14-15(2)21(8)27-26(20(14)7)32-39-33(27)41-35-29-23(10)17(4)19(6)25(12)31(29)37-42-36-30-24(11)18(5)16(3)22(9)28(30)34(40-32)43(36)38(13)44(35)37/h1-13H3/b40-32-,40-34?,41-33?,41-35-. The van der Waals surface area contributed by atoms with Crippen LogP contribution in [0.4, 0.5) is 11.6 Å². The van der Waals surface area contributed by atoms with Crippen LogP contribution in [0.5, 0.6) is 0 Å². The Kier molecular flexibility index (Phi) is 5.25. The predicted octanol–water partition coefficient (Wildman–Crippen LogP) is 7.55. The molecule has 3 aliphatic heterocycles. The monoisotopic (exact) mass is 578 g/mol. The number of hydrogen-bond donors (Lipinski definition) is 0. The summed E-state index contributed by atoms with van der Waals surface area (Å²) in [5, 5.41) is 4.76. The summed E-state index contributed by atoms with van der Waals surface area (Å²) in [6, 6.07) is 0. The van der Waals surface area contributed by atoms with Crippen molar-refractivity contribution >= 4 is 51.8 Å². The molecule has 0 N–H and O–H groups in total. The third-order valence-corrected chi connectivity index (χ3v) is 11.9. The van der Waals surface area contributed by atoms with Crippen LogP contribution in [-0.4, -0.2) is 27.6 Å². The molecule has 44 heavy (non-hydrogen) atoms. The molecular formula is C37H39BN6. The fourth-order valence-electron chi connectivity index (χ4n) is 8.23. The topological polar surface area (TPSA) is 59.3 Å². The fourth-order valence-corrected chi connectivity index (χ4v) is 8.23. The van der Waals surface area contributed by atoms with Crippen LogP contribution in [-0.2, 0) is 0 Å². The molecule has 5 aromatic rings. The number of nitrogens with zero attached hydrogens (tertiary/aromatic N) is 6. The van der Waals surface area contributed by atoms with Gasteiger partial charge in [0.1, 0.15) is 22.6 Å². The molecule has 5 heterocycles. The Morgan fingerprint density at radius 1 is 0.364 bits per heavy atom. The van der Waals surface area contributed by atoms with Gasteiger partial charge in [-0.15, -0.1) is 0 Å². The maximum absolute atomic E-state index is 5.60. The number of aromatic nitrogens is 2. The molecule has 2 aromatic heterocycles. The third-order valence-electron chi connectivity index (χ3n) is 11.9. The summed E-state index contributed by atoms with van der Waals surface area (Å²) in [5.74, 6) is 3.43. The normalized spacial score (nSPS) is 16.6. The van der Waals surface area contributed by atoms with E-state index in [1.165, 1.54) is 88.3 Å². The van der Waals surface area contributed by atoms with Crippen LogP contribution in [0.2, 0.25) is 6.82 Å². The molecule has 0 saturated carbocycles. The van der Waals surface area contributed by atoms with Gasteiger partial charge in [-0.3, -0.25) is 0 Å². The molecule has 0 atom stereocenters. The van der Waals surface area contributed by atoms with E-state index in [1.807, 2.05) is 0 Å². The SMILES string of the molecule is CB1n2c3c4c(C)c(C)c(C)c(C)c4c2/N=C2N=C(/N=c4/c5c(C)c(C)c(C)c(C)c5c(n41)=N3)c1c(C)c(C)c(C)c(C)c1\2. The Morgan fingerprint density at radius 3 is 1.20 bits per heavy atom. The van der Waals surface area contributed by atoms with Crippen molar-refractivity contribution in [3.63, 3.8) is 0 Å². The van der Waals surface area contributed by atoms with Crippen LogP contribution >= 0.6 is 0 Å². The van der Waals surface area contributed by atoms with Gasteiger partial charge in [0.05, 0.1) is 0 Å². The van der Waals surface area contributed by atoms with Gasteiger partial charge in [0.2, 0.25) is 0 Å². The summed E-state index contributed by atoms with van der Waals surface area (Å²) < 4.78 is 4.71. The molecule has 8 rings (SSSR count). The van der Waals surface area contributed by atoms with Crippen molar-refractivity contribution in [1.29, 1.82) is 0 Å². The highest BCUT2D eigenvalue weighted by Crippen LogP contribution is 2.46. The van der Waals surface area contributed by atoms with E-state index in [-0.39, 0.29) is 6.98 Å². The van der Waals surface area contributed by atoms with Crippen molar-refractivity contribution in [3.8, 4) is 0 Å². The van der Waals surface area contributed by atoms with Crippen LogP contribution in [0, 0.1) is 83.1 Å². The molecule has 6 nitrogen and oxygen atoms in total. The van der Waals surface area contributed by atoms with Crippen molar-refractivity contribution in [2.24, 2.45) is 20.0 Å². The average Bonchev–Trinajstić information content (AvgIpc) is 3.63. The summed E-state index contributed by atoms with van der Waals surface area (Å²) >= 11 is 0. The minimum absolute atomic E-state index is 0.0823. The van der Waals surface area contributed by atoms with Gasteiger partial charge in [0.15, 0.2) is 11.7 Å². The first-order chi connectivity index (χ1) is 20.8. The second-order valence-corrected chi connectivity index (χ2v) is 13.5. The second-order valence-electron chi connectivity index (χ2n) is 13.5. The Bertz CT molecular complexity index is 2460. The number of hydrogen-bond acceptors (Lipinski definition) is 4. The molecule has 7 heteroatoms. The summed E-state index contributed by atoms with van der Waals surface area (Å²) in [5.41, 5.74) is 19.5. The van der Waals surface area contributed by atoms with E-state index in [4.69, 9.17) is 20.0 Å². The molecule has 0 aliphatic carbocycles. The van der Waals surface area contributed by atoms with Crippen LogP contribution in [0.15, 0.2) is 20.0 Å². The number of aryl methyl sites for hydroxylation is 4. The van der Waals surface area contributed by atoms with Crippen molar-refractivity contribution in [3.05, 3.63) is 88.9 Å². The summed E-state index contributed by atoms with van der Waals surface area (Å²) in [7, 11) is 0. The molecule has 0 amide bonds. The maximum Gasteiger partial charge on any atom is 0.386 e. The van der Waals surface area contributed by atoms with Gasteiger partial charge in [-0.2, -0.15) is 0 Å². The smallest absolute Gasteiger partial charge is 0.333 e. The molecule has 3 aliphatic rings. The van der Waals surface area contributed by atoms with Gasteiger partial charge in [-0.05, 0) is 157 Å². The van der Waals surface area contributed by atoms with Crippen molar-refractivity contribution < 1.29 is 0 Å². The van der Waals surface area contributed by atoms with Crippen LogP contribution < -0.4 is 11.0 Å². The number of benzene rings is 3. The molecule has 4 bridgehead atoms. The van der Waals surface area contributed by atoms with Crippen LogP contribution in [0.25, 0.3) is 21.5 Å². The largest absolute Gasteiger partial charge is 0.386 e. The molecule has 0 radical (unpaired) electrons. The van der Waals surface area contributed by atoms with E-state index < -0.39 is 0 Å². The average molecular weight is 579 g/mol. The molecule has 3 aromatic carbocycles. The number of rotatable bonds is 0. The van der Waals surface area contributed by atoms with E-state index in [1.54, 1.807) is 0 Å². The molecule has 0 fully saturated rings. The Morgan fingerprint density at radius 2 is 0.727 bits per heavy atom. The minimum Gasteiger partial charge on any atom is -0.333 e. The Hall–Kier alpha value is -4.26. The zero-order valence-corrected chi connectivity index (χ0v) is 28.3. The van der Waals surface area contributed by atoms with Crippen LogP contribution in [0.3, 0.4) is 0 Å². The molecular weight excluding hydrogens is 539 g/mol. The van der Waals surface area contributed by atoms with Crippen molar-refractivity contribution in [1.82, 2.24) is 8.96 Å². The summed E-state index contributed by atoms with van der Waals surface area (Å²) in [4.78, 5) is 21.9. The summed E-state index contributed by atoms with van der Waals surface area (Å²) in [6.07, 6.45) is 0. The van der Waals surface area contributed by atoms with E-state index in [0.29, 0.717) is 0 Å². The van der Waals surface area contributed by atoms with Gasteiger partial charge in [0.25, 0.3) is 0 Å². The van der Waals surface area contributed by atoms with Gasteiger partial charge in [-0.1, -0.05) is 0 Å². The molecule has 0 saturated heterocycles. The Balaban J connectivity index is 1.74. The first-order valence-corrected chi connectivity index (χ1v) is 15.8. The maximum atomic E-state index is 5.60. The first kappa shape index (κ1) is 27.3. The lowest BCUT2D eigenvalue weighted by Gasteiger charge is -2.20. The highest BCUT2D eigenvalue weighted by Gasteiger charge is 2.37. The third kappa shape index (κ3) is 2.94. The Labute approximate surface area is 259 Å². The zero-order chi connectivity index (χ0) is 31.4. The highest BCUT2D eigenvalue weighted by molar-refractivity contribution is 6.56. The van der Waals surface area contributed by atoms with Gasteiger partial charge >= 0.3 is 6.98 Å². The molecule has 0 unspecified atom stereocenters. The van der Waals surface area contributed by atoms with Crippen molar-refractivity contribution in [2.45, 2.75) is 89.9 Å². The lowest BCUT2D eigenvalue weighted by Crippen LogP contribution is -2.46. The van der Waals surface area contributed by atoms with E-state index in [0.717, 1.165) is 45.4 Å². The highest BCUT2D eigenvalue weighted by atomic mass is 15.2. The number of fused-ring (bicyclic) bond motifs is 10. The second kappa shape index (κ2) is 8.47. The van der Waals surface area contributed by atoms with E-state index in [9.17, 15) is 0 Å². The van der Waals surface area contributed by atoms with E-state index >= 15 is 0 Å². The lowest BCUT2D eigenvalue weighted by atomic mass is 9.78. The van der Waals surface area contributed by atoms with Crippen LogP contribution in [0.1, 0.15) is 77.9 Å². The summed E-state index contributed by atoms with van der Waals surface area (Å²) in [6.45, 7) is 29.0. The molecule has 220 valence electrons.